The Hall–Kier alpha value is -3.95. The van der Waals surface area contributed by atoms with E-state index in [9.17, 15) is 9.59 Å². The van der Waals surface area contributed by atoms with E-state index in [1.807, 2.05) is 32.2 Å². The van der Waals surface area contributed by atoms with Gasteiger partial charge in [-0.05, 0) is 206 Å². The largest absolute Gasteiger partial charge is 0.354 e. The summed E-state index contributed by atoms with van der Waals surface area (Å²) in [6.07, 6.45) is 28.2. The minimum atomic E-state index is -0.185. The van der Waals surface area contributed by atoms with Gasteiger partial charge in [0.2, 0.25) is 0 Å². The Balaban J connectivity index is 0.763. The number of amides is 1. The second kappa shape index (κ2) is 19.6. The van der Waals surface area contributed by atoms with Crippen LogP contribution in [-0.2, 0) is 6.54 Å². The van der Waals surface area contributed by atoms with E-state index in [1.165, 1.54) is 103 Å². The Bertz CT molecular complexity index is 2340. The van der Waals surface area contributed by atoms with E-state index in [-0.39, 0.29) is 24.1 Å². The van der Waals surface area contributed by atoms with Crippen molar-refractivity contribution < 1.29 is 4.79 Å². The van der Waals surface area contributed by atoms with Gasteiger partial charge >= 0.3 is 0 Å². The van der Waals surface area contributed by atoms with E-state index in [0.29, 0.717) is 16.5 Å². The Labute approximate surface area is 395 Å². The van der Waals surface area contributed by atoms with E-state index in [1.54, 1.807) is 25.7 Å². The molecule has 7 aliphatic rings. The van der Waals surface area contributed by atoms with Crippen molar-refractivity contribution in [2.75, 3.05) is 57.3 Å². The molecule has 4 heterocycles. The molecule has 11 rings (SSSR count). The number of rotatable bonds is 17. The van der Waals surface area contributed by atoms with E-state index >= 15 is 0 Å². The molecule has 1 saturated heterocycles. The summed E-state index contributed by atoms with van der Waals surface area (Å²) in [5, 5.41) is 4.03. The number of unbranched alkanes of at least 4 members (excludes halogenated alkanes) is 1. The van der Waals surface area contributed by atoms with Gasteiger partial charge in [-0.2, -0.15) is 0 Å². The fourth-order valence-electron chi connectivity index (χ4n) is 15.2. The first-order valence-electron chi connectivity index (χ1n) is 26.7. The number of nitrogens with one attached hydrogen (secondary N) is 2. The number of aromatic nitrogens is 3. The van der Waals surface area contributed by atoms with Crippen molar-refractivity contribution in [1.29, 1.82) is 0 Å². The molecule has 9 nitrogen and oxygen atoms in total. The van der Waals surface area contributed by atoms with Crippen LogP contribution in [0.3, 0.4) is 0 Å². The molecule has 0 radical (unpaired) electrons. The van der Waals surface area contributed by atoms with Gasteiger partial charge in [0, 0.05) is 97.5 Å². The molecule has 2 atom stereocenters. The molecule has 1 amide bonds. The zero-order chi connectivity index (χ0) is 45.5. The third-order valence-corrected chi connectivity index (χ3v) is 18.0. The number of hydrogen-bond donors (Lipinski definition) is 2. The molecule has 6 saturated carbocycles. The van der Waals surface area contributed by atoms with Crippen molar-refractivity contribution in [3.8, 4) is 11.1 Å². The van der Waals surface area contributed by atoms with Gasteiger partial charge < -0.3 is 24.7 Å². The number of H-pyrrole nitrogens is 1. The smallest absolute Gasteiger partial charge is 0.253 e. The maximum absolute atomic E-state index is 14.0. The topological polar surface area (TPSA) is 89.5 Å². The van der Waals surface area contributed by atoms with Crippen LogP contribution in [0.15, 0.2) is 47.5 Å². The molecule has 3 aromatic heterocycles. The molecule has 356 valence electrons. The van der Waals surface area contributed by atoms with Gasteiger partial charge in [0.25, 0.3) is 11.5 Å². The average molecular weight is 896 g/mol. The van der Waals surface area contributed by atoms with Crippen molar-refractivity contribution in [3.63, 3.8) is 0 Å². The van der Waals surface area contributed by atoms with E-state index in [0.717, 1.165) is 106 Å². The van der Waals surface area contributed by atoms with Crippen LogP contribution in [0.1, 0.15) is 155 Å². The molecule has 6 aliphatic carbocycles. The first-order chi connectivity index (χ1) is 31.9. The highest BCUT2D eigenvalue weighted by molar-refractivity contribution is 6.09. The predicted molar refractivity (Wildman–Crippen MR) is 270 cm³/mol. The zero-order valence-corrected chi connectivity index (χ0v) is 41.3. The molecule has 4 aromatic rings. The Morgan fingerprint density at radius 3 is 2.21 bits per heavy atom. The Kier molecular flexibility index (Phi) is 13.6. The van der Waals surface area contributed by atoms with Crippen LogP contribution < -0.4 is 15.8 Å². The normalized spacial score (nSPS) is 27.4. The third-order valence-electron chi connectivity index (χ3n) is 18.0. The van der Waals surface area contributed by atoms with Gasteiger partial charge in [-0.1, -0.05) is 32.1 Å². The van der Waals surface area contributed by atoms with Gasteiger partial charge in [0.05, 0.1) is 0 Å². The minimum Gasteiger partial charge on any atom is -0.354 e. The lowest BCUT2D eigenvalue weighted by Crippen LogP contribution is -2.49. The molecule has 2 unspecified atom stereocenters. The van der Waals surface area contributed by atoms with Gasteiger partial charge in [-0.25, -0.2) is 4.98 Å². The van der Waals surface area contributed by atoms with Gasteiger partial charge in [0.15, 0.2) is 0 Å². The molecule has 0 spiro atoms. The number of pyridine rings is 2. The number of piperazine rings is 1. The van der Waals surface area contributed by atoms with Crippen LogP contribution in [-0.4, -0.2) is 82.6 Å². The highest BCUT2D eigenvalue weighted by atomic mass is 16.2. The van der Waals surface area contributed by atoms with Crippen molar-refractivity contribution in [2.45, 2.75) is 150 Å². The lowest BCUT2D eigenvalue weighted by molar-refractivity contribution is -0.0612. The lowest BCUT2D eigenvalue weighted by atomic mass is 9.49. The van der Waals surface area contributed by atoms with Crippen molar-refractivity contribution in [1.82, 2.24) is 29.7 Å². The van der Waals surface area contributed by atoms with Crippen LogP contribution in [0.5, 0.6) is 0 Å². The van der Waals surface area contributed by atoms with Gasteiger partial charge in [-0.15, -0.1) is 0 Å². The number of nitrogens with zero attached hydrogens (tertiary/aromatic N) is 5. The lowest BCUT2D eigenvalue weighted by Gasteiger charge is -2.57. The van der Waals surface area contributed by atoms with E-state index < -0.39 is 0 Å². The quantitative estimate of drug-likeness (QED) is 0.103. The van der Waals surface area contributed by atoms with Crippen molar-refractivity contribution in [3.05, 3.63) is 81.0 Å². The average Bonchev–Trinajstić information content (AvgIpc) is 3.63. The molecule has 9 heteroatoms. The minimum absolute atomic E-state index is 0.155. The second-order valence-electron chi connectivity index (χ2n) is 23.3. The predicted octanol–water partition coefficient (Wildman–Crippen LogP) is 11.2. The summed E-state index contributed by atoms with van der Waals surface area (Å²) in [6.45, 7) is 19.5. The summed E-state index contributed by atoms with van der Waals surface area (Å²) in [6, 6.07) is 10.7. The standard InChI is InChI=1S/C57H81N7O2/c1-38(2)64-37-40(4)54-50(55(65)59-36-51-39(3)23-41(5)60-56(51)66)30-49(31-52(54)64)48-12-13-53(58-35-48)63-21-19-62(20-22-63)18-17-61(15-7-6-9-42-24-43-10-8-11-44(25-42)26-43)16-14-57-32-45-27-46(33-57)29-47(28-45)34-57/h12-13,23,30-31,35,37-38,42-47H,6-11,14-22,24-29,32-34,36H2,1-5H3,(H,59,65)(H,60,66). The van der Waals surface area contributed by atoms with E-state index in [2.05, 4.69) is 74.7 Å². The number of benzene rings is 1. The third kappa shape index (κ3) is 10.1. The van der Waals surface area contributed by atoms with Crippen molar-refractivity contribution in [2.24, 2.45) is 40.9 Å². The monoisotopic (exact) mass is 896 g/mol. The number of carbonyl (C=O) groups excluding carboxylic acids is 1. The van der Waals surface area contributed by atoms with Crippen LogP contribution in [0.25, 0.3) is 22.0 Å². The number of aromatic amines is 1. The number of carbonyl (C=O) groups is 1. The van der Waals surface area contributed by atoms with Crippen LogP contribution >= 0.6 is 0 Å². The Morgan fingerprint density at radius 1 is 0.833 bits per heavy atom. The fourth-order valence-corrected chi connectivity index (χ4v) is 15.2. The number of fused-ring (bicyclic) bond motifs is 3. The number of aryl methyl sites for hydroxylation is 3. The maximum atomic E-state index is 14.0. The first-order valence-corrected chi connectivity index (χ1v) is 26.7. The molecule has 2 N–H and O–H groups in total. The van der Waals surface area contributed by atoms with Crippen LogP contribution in [0, 0.1) is 61.7 Å². The molecule has 7 fully saturated rings. The van der Waals surface area contributed by atoms with Gasteiger partial charge in [-0.3, -0.25) is 14.5 Å². The SMILES string of the molecule is Cc1cc(C)c(CNC(=O)c2cc(-c3ccc(N4CCN(CCN(CCCCC5CC6CCCC(C5)C6)CCC56CC7CC(CC(C7)C5)C6)CC4)nc3)cc3c2c(C)cn3C(C)C)c(=O)[nH]1. The van der Waals surface area contributed by atoms with Crippen molar-refractivity contribution >= 4 is 22.6 Å². The summed E-state index contributed by atoms with van der Waals surface area (Å²) >= 11 is 0. The zero-order valence-electron chi connectivity index (χ0n) is 41.3. The summed E-state index contributed by atoms with van der Waals surface area (Å²) in [5.74, 6) is 7.07. The number of anilines is 1. The molecular formula is C57H81N7O2. The first kappa shape index (κ1) is 45.8. The highest BCUT2D eigenvalue weighted by Crippen LogP contribution is 2.61. The fraction of sp³-hybridized carbons (Fsp3) is 0.667. The maximum Gasteiger partial charge on any atom is 0.253 e. The second-order valence-corrected chi connectivity index (χ2v) is 23.3. The highest BCUT2D eigenvalue weighted by Gasteiger charge is 2.50. The Morgan fingerprint density at radius 2 is 1.55 bits per heavy atom. The molecular weight excluding hydrogens is 815 g/mol. The summed E-state index contributed by atoms with van der Waals surface area (Å²) in [5.41, 5.74) is 7.44. The number of hydrogen-bond acceptors (Lipinski definition) is 6. The van der Waals surface area contributed by atoms with Gasteiger partial charge in [0.1, 0.15) is 5.82 Å². The molecule has 66 heavy (non-hydrogen) atoms. The van der Waals surface area contributed by atoms with Crippen LogP contribution in [0.2, 0.25) is 0 Å². The summed E-state index contributed by atoms with van der Waals surface area (Å²) in [7, 11) is 0. The van der Waals surface area contributed by atoms with E-state index in [4.69, 9.17) is 4.98 Å². The molecule has 1 aliphatic heterocycles. The summed E-state index contributed by atoms with van der Waals surface area (Å²) in [4.78, 5) is 42.8. The summed E-state index contributed by atoms with van der Waals surface area (Å²) < 4.78 is 2.26. The molecule has 6 bridgehead atoms. The van der Waals surface area contributed by atoms with Crippen LogP contribution in [0.4, 0.5) is 5.82 Å². The molecule has 1 aromatic carbocycles.